The van der Waals surface area contributed by atoms with Gasteiger partial charge >= 0.3 is 5.97 Å². The van der Waals surface area contributed by atoms with E-state index in [-0.39, 0.29) is 12.4 Å². The number of aryl methyl sites for hydroxylation is 1. The monoisotopic (exact) mass is 299 g/mol. The van der Waals surface area contributed by atoms with Crippen molar-refractivity contribution in [2.45, 2.75) is 13.8 Å². The van der Waals surface area contributed by atoms with Gasteiger partial charge in [-0.1, -0.05) is 12.1 Å². The highest BCUT2D eigenvalue weighted by atomic mass is 19.1. The molecule has 0 aliphatic rings. The number of rotatable bonds is 3. The van der Waals surface area contributed by atoms with Gasteiger partial charge in [-0.05, 0) is 37.6 Å². The molecule has 2 aromatic heterocycles. The lowest BCUT2D eigenvalue weighted by Crippen LogP contribution is -2.05. The second kappa shape index (κ2) is 5.55. The molecule has 1 aromatic carbocycles. The Morgan fingerprint density at radius 2 is 2.14 bits per heavy atom. The van der Waals surface area contributed by atoms with Crippen molar-refractivity contribution in [1.29, 1.82) is 0 Å². The van der Waals surface area contributed by atoms with E-state index in [1.807, 2.05) is 6.92 Å². The van der Waals surface area contributed by atoms with E-state index in [0.29, 0.717) is 22.3 Å². The van der Waals surface area contributed by atoms with Crippen molar-refractivity contribution in [2.75, 3.05) is 6.61 Å². The van der Waals surface area contributed by atoms with Gasteiger partial charge in [-0.3, -0.25) is 0 Å². The van der Waals surface area contributed by atoms with E-state index in [1.165, 1.54) is 16.9 Å². The van der Waals surface area contributed by atoms with Crippen molar-refractivity contribution in [3.8, 4) is 11.3 Å². The van der Waals surface area contributed by atoms with Crippen LogP contribution in [0.25, 0.3) is 16.8 Å². The van der Waals surface area contributed by atoms with Crippen molar-refractivity contribution in [3.05, 3.63) is 53.5 Å². The highest BCUT2D eigenvalue weighted by molar-refractivity contribution is 5.96. The van der Waals surface area contributed by atoms with Crippen LogP contribution in [0.1, 0.15) is 22.8 Å². The average Bonchev–Trinajstić information content (AvgIpc) is 2.90. The van der Waals surface area contributed by atoms with Gasteiger partial charge in [0.05, 0.1) is 18.5 Å². The van der Waals surface area contributed by atoms with E-state index in [0.717, 1.165) is 5.56 Å². The van der Waals surface area contributed by atoms with E-state index in [1.54, 1.807) is 31.2 Å². The van der Waals surface area contributed by atoms with Gasteiger partial charge in [0.1, 0.15) is 16.9 Å². The SMILES string of the molecule is CCOC(=O)c1cnn2nc(-c3ccccc3F)c(C)cc12. The van der Waals surface area contributed by atoms with Crippen molar-refractivity contribution in [3.63, 3.8) is 0 Å². The van der Waals surface area contributed by atoms with Crippen LogP contribution in [0.5, 0.6) is 0 Å². The van der Waals surface area contributed by atoms with Gasteiger partial charge < -0.3 is 4.74 Å². The molecule has 3 aromatic rings. The lowest BCUT2D eigenvalue weighted by molar-refractivity contribution is 0.0528. The van der Waals surface area contributed by atoms with Crippen LogP contribution in [0, 0.1) is 12.7 Å². The van der Waals surface area contributed by atoms with Crippen LogP contribution >= 0.6 is 0 Å². The summed E-state index contributed by atoms with van der Waals surface area (Å²) in [5, 5.41) is 8.39. The largest absolute Gasteiger partial charge is 0.462 e. The Balaban J connectivity index is 2.15. The van der Waals surface area contributed by atoms with Gasteiger partial charge in [-0.2, -0.15) is 9.73 Å². The van der Waals surface area contributed by atoms with E-state index in [2.05, 4.69) is 10.2 Å². The van der Waals surface area contributed by atoms with Gasteiger partial charge in [-0.25, -0.2) is 9.18 Å². The topological polar surface area (TPSA) is 56.5 Å². The molecule has 22 heavy (non-hydrogen) atoms. The number of halogens is 1. The highest BCUT2D eigenvalue weighted by Gasteiger charge is 2.17. The molecule has 6 heteroatoms. The molecule has 0 unspecified atom stereocenters. The molecule has 0 aliphatic carbocycles. The number of hydrogen-bond donors (Lipinski definition) is 0. The molecule has 0 amide bonds. The second-order valence-corrected chi connectivity index (χ2v) is 4.81. The van der Waals surface area contributed by atoms with Crippen molar-refractivity contribution >= 4 is 11.5 Å². The third-order valence-electron chi connectivity index (χ3n) is 3.33. The van der Waals surface area contributed by atoms with Gasteiger partial charge in [-0.15, -0.1) is 5.10 Å². The summed E-state index contributed by atoms with van der Waals surface area (Å²) in [6.07, 6.45) is 1.41. The molecule has 0 aliphatic heterocycles. The number of carbonyl (C=O) groups is 1. The number of esters is 1. The molecule has 0 N–H and O–H groups in total. The number of nitrogens with zero attached hydrogens (tertiary/aromatic N) is 3. The zero-order valence-corrected chi connectivity index (χ0v) is 12.2. The van der Waals surface area contributed by atoms with E-state index < -0.39 is 5.97 Å². The zero-order chi connectivity index (χ0) is 15.7. The molecule has 0 fully saturated rings. The fraction of sp³-hybridized carbons (Fsp3) is 0.188. The minimum Gasteiger partial charge on any atom is -0.462 e. The summed E-state index contributed by atoms with van der Waals surface area (Å²) in [5.74, 6) is -0.799. The maximum absolute atomic E-state index is 13.9. The number of hydrogen-bond acceptors (Lipinski definition) is 4. The Morgan fingerprint density at radius 3 is 2.86 bits per heavy atom. The quantitative estimate of drug-likeness (QED) is 0.698. The molecule has 0 atom stereocenters. The predicted molar refractivity (Wildman–Crippen MR) is 79.1 cm³/mol. The first kappa shape index (κ1) is 14.2. The van der Waals surface area contributed by atoms with Gasteiger partial charge in [0.15, 0.2) is 0 Å². The van der Waals surface area contributed by atoms with Crippen molar-refractivity contribution in [2.24, 2.45) is 0 Å². The van der Waals surface area contributed by atoms with Gasteiger partial charge in [0, 0.05) is 5.56 Å². The lowest BCUT2D eigenvalue weighted by Gasteiger charge is -2.07. The van der Waals surface area contributed by atoms with E-state index in [4.69, 9.17) is 4.74 Å². The molecule has 5 nitrogen and oxygen atoms in total. The molecule has 0 saturated carbocycles. The Kier molecular flexibility index (Phi) is 3.58. The summed E-state index contributed by atoms with van der Waals surface area (Å²) in [7, 11) is 0. The normalized spacial score (nSPS) is 10.9. The molecule has 2 heterocycles. The Morgan fingerprint density at radius 1 is 1.36 bits per heavy atom. The maximum Gasteiger partial charge on any atom is 0.342 e. The second-order valence-electron chi connectivity index (χ2n) is 4.81. The Labute approximate surface area is 126 Å². The fourth-order valence-electron chi connectivity index (χ4n) is 2.30. The molecule has 0 radical (unpaired) electrons. The van der Waals surface area contributed by atoms with Gasteiger partial charge in [0.2, 0.25) is 0 Å². The van der Waals surface area contributed by atoms with Crippen LogP contribution in [0.15, 0.2) is 36.5 Å². The molecule has 3 rings (SSSR count). The Hall–Kier alpha value is -2.76. The molecule has 0 saturated heterocycles. The first-order valence-corrected chi connectivity index (χ1v) is 6.89. The number of fused-ring (bicyclic) bond motifs is 1. The van der Waals surface area contributed by atoms with Crippen LogP contribution in [-0.4, -0.2) is 27.4 Å². The van der Waals surface area contributed by atoms with Crippen LogP contribution in [0.2, 0.25) is 0 Å². The fourth-order valence-corrected chi connectivity index (χ4v) is 2.30. The van der Waals surface area contributed by atoms with Crippen LogP contribution in [0.4, 0.5) is 4.39 Å². The van der Waals surface area contributed by atoms with Crippen LogP contribution in [0.3, 0.4) is 0 Å². The third kappa shape index (κ3) is 2.32. The van der Waals surface area contributed by atoms with E-state index >= 15 is 0 Å². The molecular formula is C16H14FN3O2. The first-order chi connectivity index (χ1) is 10.6. The van der Waals surface area contributed by atoms with Crippen molar-refractivity contribution < 1.29 is 13.9 Å². The summed E-state index contributed by atoms with van der Waals surface area (Å²) < 4.78 is 20.3. The number of benzene rings is 1. The molecule has 112 valence electrons. The first-order valence-electron chi connectivity index (χ1n) is 6.89. The minimum atomic E-state index is -0.447. The van der Waals surface area contributed by atoms with Crippen LogP contribution < -0.4 is 0 Å². The standard InChI is InChI=1S/C16H14FN3O2/c1-3-22-16(21)12-9-18-20-14(12)8-10(2)15(19-20)11-6-4-5-7-13(11)17/h4-9H,3H2,1-2H3. The summed E-state index contributed by atoms with van der Waals surface area (Å²) >= 11 is 0. The number of ether oxygens (including phenoxy) is 1. The predicted octanol–water partition coefficient (Wildman–Crippen LogP) is 3.02. The lowest BCUT2D eigenvalue weighted by atomic mass is 10.1. The van der Waals surface area contributed by atoms with Crippen molar-refractivity contribution in [1.82, 2.24) is 14.8 Å². The summed E-state index contributed by atoms with van der Waals surface area (Å²) in [6, 6.07) is 8.17. The summed E-state index contributed by atoms with van der Waals surface area (Å²) in [4.78, 5) is 11.9. The smallest absolute Gasteiger partial charge is 0.342 e. The molecule has 0 spiro atoms. The van der Waals surface area contributed by atoms with Crippen LogP contribution in [-0.2, 0) is 4.74 Å². The summed E-state index contributed by atoms with van der Waals surface area (Å²) in [6.45, 7) is 3.84. The number of carbonyl (C=O) groups excluding carboxylic acids is 1. The maximum atomic E-state index is 13.9. The third-order valence-corrected chi connectivity index (χ3v) is 3.33. The molecule has 0 bridgehead atoms. The summed E-state index contributed by atoms with van der Waals surface area (Å²) in [5.41, 5.74) is 2.52. The Bertz CT molecular complexity index is 858. The highest BCUT2D eigenvalue weighted by Crippen LogP contribution is 2.25. The van der Waals surface area contributed by atoms with E-state index in [9.17, 15) is 9.18 Å². The minimum absolute atomic E-state index is 0.288. The average molecular weight is 299 g/mol. The molecular weight excluding hydrogens is 285 g/mol. The zero-order valence-electron chi connectivity index (χ0n) is 12.2. The van der Waals surface area contributed by atoms with Gasteiger partial charge in [0.25, 0.3) is 0 Å². The number of aromatic nitrogens is 3.